The number of carbonyl (C=O) groups is 1. The second kappa shape index (κ2) is 11.7. The number of aromatic nitrogens is 1. The van der Waals surface area contributed by atoms with Crippen LogP contribution in [-0.2, 0) is 34.4 Å². The molecule has 4 aromatic rings. The van der Waals surface area contributed by atoms with Gasteiger partial charge in [0.15, 0.2) is 0 Å². The van der Waals surface area contributed by atoms with Crippen molar-refractivity contribution in [1.29, 1.82) is 0 Å². The maximum absolute atomic E-state index is 13.5. The first-order valence-electron chi connectivity index (χ1n) is 12.6. The van der Waals surface area contributed by atoms with Crippen molar-refractivity contribution in [2.24, 2.45) is 0 Å². The normalized spacial score (nSPS) is 14.9. The van der Waals surface area contributed by atoms with Crippen LogP contribution in [0.1, 0.15) is 16.7 Å². The number of carboxylic acid groups (broad SMARTS) is 1. The molecular formula is C29H28ClN3O5S. The largest absolute Gasteiger partial charge is 0.489 e. The Morgan fingerprint density at radius 1 is 0.949 bits per heavy atom. The Bertz CT molecular complexity index is 1580. The number of sulfonamides is 1. The van der Waals surface area contributed by atoms with Gasteiger partial charge >= 0.3 is 5.97 Å². The molecule has 1 aromatic heterocycles. The average Bonchev–Trinajstić information content (AvgIpc) is 2.93. The van der Waals surface area contributed by atoms with E-state index in [1.807, 2.05) is 30.3 Å². The van der Waals surface area contributed by atoms with Crippen LogP contribution in [-0.4, -0.2) is 59.9 Å². The number of benzene rings is 3. The van der Waals surface area contributed by atoms with Gasteiger partial charge in [-0.05, 0) is 41.5 Å². The first kappa shape index (κ1) is 27.1. The molecule has 202 valence electrons. The van der Waals surface area contributed by atoms with Gasteiger partial charge in [-0.3, -0.25) is 14.7 Å². The maximum atomic E-state index is 13.5. The van der Waals surface area contributed by atoms with E-state index in [0.717, 1.165) is 16.5 Å². The van der Waals surface area contributed by atoms with Crippen LogP contribution in [0.3, 0.4) is 0 Å². The second-order valence-electron chi connectivity index (χ2n) is 9.44. The lowest BCUT2D eigenvalue weighted by Crippen LogP contribution is -2.48. The number of piperazine rings is 1. The standard InChI is InChI=1S/C29H28ClN3O5S/c30-25-9-6-21(7-10-25)20-38-26-11-8-22(18-28(34)35)17-24(26)19-32-13-15-33(16-14-32)39(36,37)27-5-1-3-23-4-2-12-31-29(23)27/h1-12,17H,13-16,18-20H2,(H,34,35). The number of hydrogen-bond acceptors (Lipinski definition) is 6. The minimum Gasteiger partial charge on any atom is -0.489 e. The number of hydrogen-bond donors (Lipinski definition) is 1. The Morgan fingerprint density at radius 3 is 2.41 bits per heavy atom. The van der Waals surface area contributed by atoms with Gasteiger partial charge in [0.25, 0.3) is 0 Å². The topological polar surface area (TPSA) is 100 Å². The van der Waals surface area contributed by atoms with Crippen LogP contribution in [0.5, 0.6) is 5.75 Å². The molecule has 0 amide bonds. The lowest BCUT2D eigenvalue weighted by Gasteiger charge is -2.34. The van der Waals surface area contributed by atoms with Gasteiger partial charge in [0.1, 0.15) is 17.3 Å². The summed E-state index contributed by atoms with van der Waals surface area (Å²) in [6.45, 7) is 2.57. The van der Waals surface area contributed by atoms with E-state index in [9.17, 15) is 18.3 Å². The third-order valence-electron chi connectivity index (χ3n) is 6.73. The minimum atomic E-state index is -3.71. The van der Waals surface area contributed by atoms with Gasteiger partial charge in [-0.1, -0.05) is 54.1 Å². The number of halogens is 1. The zero-order valence-corrected chi connectivity index (χ0v) is 22.7. The fourth-order valence-electron chi connectivity index (χ4n) is 4.72. The summed E-state index contributed by atoms with van der Waals surface area (Å²) < 4.78 is 34.6. The van der Waals surface area contributed by atoms with E-state index in [2.05, 4.69) is 9.88 Å². The van der Waals surface area contributed by atoms with Gasteiger partial charge < -0.3 is 9.84 Å². The summed E-state index contributed by atoms with van der Waals surface area (Å²) >= 11 is 5.98. The molecule has 1 N–H and O–H groups in total. The third-order valence-corrected chi connectivity index (χ3v) is 8.91. The van der Waals surface area contributed by atoms with Crippen molar-refractivity contribution in [1.82, 2.24) is 14.2 Å². The van der Waals surface area contributed by atoms with Crippen LogP contribution in [0.4, 0.5) is 0 Å². The first-order chi connectivity index (χ1) is 18.8. The molecule has 0 atom stereocenters. The van der Waals surface area contributed by atoms with Crippen molar-refractivity contribution in [3.8, 4) is 5.75 Å². The van der Waals surface area contributed by atoms with Gasteiger partial charge in [-0.2, -0.15) is 4.31 Å². The van der Waals surface area contributed by atoms with Crippen LogP contribution in [0, 0.1) is 0 Å². The summed E-state index contributed by atoms with van der Waals surface area (Å²) in [7, 11) is -3.71. The number of ether oxygens (including phenoxy) is 1. The maximum Gasteiger partial charge on any atom is 0.307 e. The van der Waals surface area contributed by atoms with E-state index < -0.39 is 16.0 Å². The number of nitrogens with zero attached hydrogens (tertiary/aromatic N) is 3. The Labute approximate surface area is 232 Å². The molecule has 10 heteroatoms. The Balaban J connectivity index is 1.30. The van der Waals surface area contributed by atoms with Gasteiger partial charge in [0, 0.05) is 54.9 Å². The minimum absolute atomic E-state index is 0.0877. The zero-order chi connectivity index (χ0) is 27.4. The van der Waals surface area contributed by atoms with E-state index in [4.69, 9.17) is 16.3 Å². The predicted octanol–water partition coefficient (Wildman–Crippen LogP) is 4.60. The highest BCUT2D eigenvalue weighted by atomic mass is 35.5. The SMILES string of the molecule is O=C(O)Cc1ccc(OCc2ccc(Cl)cc2)c(CN2CCN(S(=O)(=O)c3cccc4cccnc34)CC2)c1. The van der Waals surface area contributed by atoms with E-state index in [1.54, 1.807) is 48.7 Å². The molecule has 0 spiro atoms. The molecule has 1 aliphatic rings. The summed E-state index contributed by atoms with van der Waals surface area (Å²) in [5.74, 6) is -0.242. The molecule has 5 rings (SSSR count). The van der Waals surface area contributed by atoms with Crippen molar-refractivity contribution in [2.75, 3.05) is 26.2 Å². The smallest absolute Gasteiger partial charge is 0.307 e. The molecule has 2 heterocycles. The van der Waals surface area contributed by atoms with Crippen LogP contribution in [0.15, 0.2) is 83.9 Å². The highest BCUT2D eigenvalue weighted by molar-refractivity contribution is 7.89. The number of aliphatic carboxylic acids is 1. The van der Waals surface area contributed by atoms with Gasteiger partial charge in [0.2, 0.25) is 10.0 Å². The number of pyridine rings is 1. The summed E-state index contributed by atoms with van der Waals surface area (Å²) in [4.78, 5) is 18.0. The Hall–Kier alpha value is -3.50. The quantitative estimate of drug-likeness (QED) is 0.316. The molecule has 0 radical (unpaired) electrons. The molecule has 39 heavy (non-hydrogen) atoms. The van der Waals surface area contributed by atoms with Crippen molar-refractivity contribution in [3.05, 3.63) is 101 Å². The Kier molecular flexibility index (Phi) is 8.13. The predicted molar refractivity (Wildman–Crippen MR) is 149 cm³/mol. The molecule has 0 unspecified atom stereocenters. The second-order valence-corrected chi connectivity index (χ2v) is 11.8. The first-order valence-corrected chi connectivity index (χ1v) is 14.4. The summed E-state index contributed by atoms with van der Waals surface area (Å²) in [5, 5.41) is 10.7. The number of carboxylic acids is 1. The summed E-state index contributed by atoms with van der Waals surface area (Å²) in [5.41, 5.74) is 2.97. The van der Waals surface area contributed by atoms with E-state index in [0.29, 0.717) is 61.2 Å². The van der Waals surface area contributed by atoms with Gasteiger partial charge in [-0.15, -0.1) is 0 Å². The van der Waals surface area contributed by atoms with Gasteiger partial charge in [-0.25, -0.2) is 8.42 Å². The monoisotopic (exact) mass is 565 g/mol. The lowest BCUT2D eigenvalue weighted by molar-refractivity contribution is -0.136. The fraction of sp³-hybridized carbons (Fsp3) is 0.241. The summed E-state index contributed by atoms with van der Waals surface area (Å²) in [6, 6.07) is 21.7. The van der Waals surface area contributed by atoms with Crippen molar-refractivity contribution in [2.45, 2.75) is 24.5 Å². The number of fused-ring (bicyclic) bond motifs is 1. The van der Waals surface area contributed by atoms with Crippen molar-refractivity contribution < 1.29 is 23.1 Å². The molecule has 0 saturated carbocycles. The van der Waals surface area contributed by atoms with Crippen LogP contribution in [0.2, 0.25) is 5.02 Å². The molecule has 0 aliphatic carbocycles. The third kappa shape index (κ3) is 6.39. The van der Waals surface area contributed by atoms with Crippen molar-refractivity contribution in [3.63, 3.8) is 0 Å². The van der Waals surface area contributed by atoms with E-state index in [1.165, 1.54) is 4.31 Å². The molecule has 0 bridgehead atoms. The van der Waals surface area contributed by atoms with Crippen LogP contribution in [0.25, 0.3) is 10.9 Å². The Morgan fingerprint density at radius 2 is 1.67 bits per heavy atom. The molecule has 8 nitrogen and oxygen atoms in total. The highest BCUT2D eigenvalue weighted by Gasteiger charge is 2.30. The number of rotatable bonds is 9. The highest BCUT2D eigenvalue weighted by Crippen LogP contribution is 2.27. The number of para-hydroxylation sites is 1. The molecule has 3 aromatic carbocycles. The zero-order valence-electron chi connectivity index (χ0n) is 21.2. The molecule has 1 saturated heterocycles. The molecular weight excluding hydrogens is 538 g/mol. The average molecular weight is 566 g/mol. The molecule has 1 aliphatic heterocycles. The van der Waals surface area contributed by atoms with Crippen LogP contribution < -0.4 is 4.74 Å². The van der Waals surface area contributed by atoms with Crippen molar-refractivity contribution >= 4 is 38.5 Å². The van der Waals surface area contributed by atoms with Gasteiger partial charge in [0.05, 0.1) is 11.9 Å². The molecule has 1 fully saturated rings. The summed E-state index contributed by atoms with van der Waals surface area (Å²) in [6.07, 6.45) is 1.51. The van der Waals surface area contributed by atoms with Crippen LogP contribution >= 0.6 is 11.6 Å². The lowest BCUT2D eigenvalue weighted by atomic mass is 10.1. The van der Waals surface area contributed by atoms with E-state index in [-0.39, 0.29) is 11.3 Å². The van der Waals surface area contributed by atoms with E-state index >= 15 is 0 Å². The fourth-order valence-corrected chi connectivity index (χ4v) is 6.43.